The molecule has 16 nitrogen and oxygen atoms in total. The number of hydrogen-bond acceptors (Lipinski definition) is 9. The number of nitrogens with two attached hydrogens (primary N) is 2. The van der Waals surface area contributed by atoms with Crippen LogP contribution in [-0.2, 0) is 35.2 Å². The predicted octanol–water partition coefficient (Wildman–Crippen LogP) is -3.31. The highest BCUT2D eigenvalue weighted by atomic mass is 16.3. The topological polar surface area (TPSA) is 259 Å². The third kappa shape index (κ3) is 12.9. The number of carbonyl (C=O) groups excluding carboxylic acids is 6. The first-order valence-corrected chi connectivity index (χ1v) is 14.9. The van der Waals surface area contributed by atoms with E-state index in [0.717, 1.165) is 6.42 Å². The summed E-state index contributed by atoms with van der Waals surface area (Å²) in [6, 6.07) is 2.78. The van der Waals surface area contributed by atoms with E-state index in [-0.39, 0.29) is 31.3 Å². The number of nitrogens with one attached hydrogen (secondary N) is 6. The lowest BCUT2D eigenvalue weighted by atomic mass is 10.0. The van der Waals surface area contributed by atoms with Gasteiger partial charge in [0.2, 0.25) is 29.5 Å². The summed E-state index contributed by atoms with van der Waals surface area (Å²) in [4.78, 5) is 79.7. The Balaban J connectivity index is 2.15. The van der Waals surface area contributed by atoms with Gasteiger partial charge in [-0.1, -0.05) is 30.3 Å². The van der Waals surface area contributed by atoms with Crippen molar-refractivity contribution in [2.24, 2.45) is 16.5 Å². The molecule has 0 aromatic heterocycles. The molecular weight excluding hydrogens is 586 g/mol. The van der Waals surface area contributed by atoms with E-state index in [1.807, 2.05) is 0 Å². The van der Waals surface area contributed by atoms with Crippen molar-refractivity contribution >= 4 is 41.8 Å². The maximum absolute atomic E-state index is 13.3. The minimum atomic E-state index is -1.47. The molecule has 0 radical (unpaired) electrons. The summed E-state index contributed by atoms with van der Waals surface area (Å²) in [5, 5.41) is 25.7. The van der Waals surface area contributed by atoms with E-state index in [9.17, 15) is 33.9 Å². The highest BCUT2D eigenvalue weighted by Gasteiger charge is 2.32. The number of aldehydes is 1. The van der Waals surface area contributed by atoms with Crippen LogP contribution in [0, 0.1) is 0 Å². The second kappa shape index (κ2) is 19.0. The number of guanidine groups is 1. The molecule has 16 heteroatoms. The molecule has 1 aromatic rings. The summed E-state index contributed by atoms with van der Waals surface area (Å²) in [7, 11) is 0. The van der Waals surface area contributed by atoms with E-state index in [4.69, 9.17) is 11.5 Å². The van der Waals surface area contributed by atoms with E-state index in [1.54, 1.807) is 30.3 Å². The molecule has 1 heterocycles. The average molecular weight is 632 g/mol. The zero-order chi connectivity index (χ0) is 33.4. The fraction of sp³-hybridized carbons (Fsp3) is 0.552. The van der Waals surface area contributed by atoms with Gasteiger partial charge in [-0.2, -0.15) is 0 Å². The molecular formula is C29H45N9O7. The molecule has 1 aliphatic heterocycles. The van der Waals surface area contributed by atoms with Crippen LogP contribution in [-0.4, -0.2) is 103 Å². The van der Waals surface area contributed by atoms with Gasteiger partial charge in [-0.05, 0) is 51.6 Å². The van der Waals surface area contributed by atoms with Gasteiger partial charge in [-0.15, -0.1) is 0 Å². The first-order chi connectivity index (χ1) is 21.4. The summed E-state index contributed by atoms with van der Waals surface area (Å²) >= 11 is 0. The third-order valence-electron chi connectivity index (χ3n) is 7.01. The molecule has 1 fully saturated rings. The number of aliphatic hydroxyl groups is 1. The highest BCUT2D eigenvalue weighted by Crippen LogP contribution is 2.08. The number of carbonyl (C=O) groups is 6. The summed E-state index contributed by atoms with van der Waals surface area (Å²) in [6.07, 6.45) is 2.47. The van der Waals surface area contributed by atoms with E-state index < -0.39 is 66.5 Å². The van der Waals surface area contributed by atoms with Gasteiger partial charge in [0.05, 0.1) is 18.7 Å². The van der Waals surface area contributed by atoms with Crippen LogP contribution < -0.4 is 43.4 Å². The predicted molar refractivity (Wildman–Crippen MR) is 165 cm³/mol. The van der Waals surface area contributed by atoms with Gasteiger partial charge < -0.3 is 53.3 Å². The molecule has 11 N–H and O–H groups in total. The molecule has 0 aliphatic carbocycles. The smallest absolute Gasteiger partial charge is 0.245 e. The SMILES string of the molecule is C[C@H](NC(=O)[C@H](Cc1ccccc1)NC(=O)[C@H](CO)NC(=O)[C@H](CCCN=C(N)N)NC(=O)[C@@H]1CCCN1)C(=O)N[C@@H](C)C=O. The summed E-state index contributed by atoms with van der Waals surface area (Å²) in [5.74, 6) is -3.39. The van der Waals surface area contributed by atoms with Crippen molar-refractivity contribution in [3.05, 3.63) is 35.9 Å². The maximum Gasteiger partial charge on any atom is 0.245 e. The van der Waals surface area contributed by atoms with Crippen molar-refractivity contribution in [3.63, 3.8) is 0 Å². The van der Waals surface area contributed by atoms with Gasteiger partial charge in [0.1, 0.15) is 30.5 Å². The Bertz CT molecular complexity index is 1190. The average Bonchev–Trinajstić information content (AvgIpc) is 3.56. The van der Waals surface area contributed by atoms with Crippen molar-refractivity contribution in [1.82, 2.24) is 31.9 Å². The van der Waals surface area contributed by atoms with E-state index in [2.05, 4.69) is 36.9 Å². The zero-order valence-electron chi connectivity index (χ0n) is 25.6. The molecule has 1 aromatic carbocycles. The van der Waals surface area contributed by atoms with Gasteiger partial charge in [-0.3, -0.25) is 29.0 Å². The molecule has 0 spiro atoms. The molecule has 45 heavy (non-hydrogen) atoms. The Labute approximate surface area is 261 Å². The zero-order valence-corrected chi connectivity index (χ0v) is 25.6. The standard InChI is InChI=1S/C29H45N9O7/c1-17(15-39)34-24(41)18(2)35-27(44)22(14-19-8-4-3-5-9-19)37-28(45)23(16-40)38-26(43)21(11-7-13-33-29(30)31)36-25(42)20-10-6-12-32-20/h3-5,8-9,15,17-18,20-23,32,40H,6-7,10-14,16H2,1-2H3,(H,34,41)(H,35,44)(H,36,42)(H,37,45)(H,38,43)(H4,30,31,33)/t17-,18-,20-,21-,22-,23-/m0/s1. The number of benzene rings is 1. The molecule has 2 rings (SSSR count). The Morgan fingerprint density at radius 3 is 2.18 bits per heavy atom. The number of aliphatic imine (C=N–C) groups is 1. The number of rotatable bonds is 18. The normalized spacial score (nSPS) is 17.4. The lowest BCUT2D eigenvalue weighted by Crippen LogP contribution is -2.60. The first kappa shape index (κ1) is 36.6. The molecule has 6 atom stereocenters. The number of aliphatic hydroxyl groups excluding tert-OH is 1. The van der Waals surface area contributed by atoms with Crippen molar-refractivity contribution in [2.45, 2.75) is 82.2 Å². The van der Waals surface area contributed by atoms with Crippen molar-refractivity contribution in [3.8, 4) is 0 Å². The summed E-state index contributed by atoms with van der Waals surface area (Å²) in [5.41, 5.74) is 11.4. The largest absolute Gasteiger partial charge is 0.394 e. The second-order valence-electron chi connectivity index (χ2n) is 10.8. The van der Waals surface area contributed by atoms with Crippen LogP contribution in [0.3, 0.4) is 0 Å². The Hall–Kier alpha value is -4.57. The fourth-order valence-corrected chi connectivity index (χ4v) is 4.51. The van der Waals surface area contributed by atoms with E-state index in [0.29, 0.717) is 31.2 Å². The number of hydrogen-bond donors (Lipinski definition) is 9. The Morgan fingerprint density at radius 2 is 1.58 bits per heavy atom. The Morgan fingerprint density at radius 1 is 0.933 bits per heavy atom. The molecule has 5 amide bonds. The maximum atomic E-state index is 13.3. The monoisotopic (exact) mass is 631 g/mol. The minimum absolute atomic E-state index is 0.0292. The van der Waals surface area contributed by atoms with Gasteiger partial charge >= 0.3 is 0 Å². The first-order valence-electron chi connectivity index (χ1n) is 14.9. The van der Waals surface area contributed by atoms with Crippen LogP contribution in [0.2, 0.25) is 0 Å². The van der Waals surface area contributed by atoms with Gasteiger partial charge in [0.15, 0.2) is 5.96 Å². The molecule has 0 bridgehead atoms. The van der Waals surface area contributed by atoms with Crippen LogP contribution >= 0.6 is 0 Å². The van der Waals surface area contributed by atoms with Gasteiger partial charge in [-0.25, -0.2) is 0 Å². The lowest BCUT2D eigenvalue weighted by molar-refractivity contribution is -0.135. The molecule has 0 saturated carbocycles. The highest BCUT2D eigenvalue weighted by molar-refractivity contribution is 5.96. The van der Waals surface area contributed by atoms with Crippen LogP contribution in [0.1, 0.15) is 45.1 Å². The fourth-order valence-electron chi connectivity index (χ4n) is 4.51. The van der Waals surface area contributed by atoms with E-state index >= 15 is 0 Å². The van der Waals surface area contributed by atoms with Crippen molar-refractivity contribution in [1.29, 1.82) is 0 Å². The molecule has 0 unspecified atom stereocenters. The number of amides is 5. The molecule has 248 valence electrons. The Kier molecular flexibility index (Phi) is 15.4. The van der Waals surface area contributed by atoms with Crippen LogP contribution in [0.5, 0.6) is 0 Å². The van der Waals surface area contributed by atoms with Crippen LogP contribution in [0.25, 0.3) is 0 Å². The summed E-state index contributed by atoms with van der Waals surface area (Å²) in [6.45, 7) is 2.97. The van der Waals surface area contributed by atoms with Crippen LogP contribution in [0.15, 0.2) is 35.3 Å². The van der Waals surface area contributed by atoms with Crippen LogP contribution in [0.4, 0.5) is 0 Å². The third-order valence-corrected chi connectivity index (χ3v) is 7.01. The minimum Gasteiger partial charge on any atom is -0.394 e. The molecule has 1 aliphatic rings. The summed E-state index contributed by atoms with van der Waals surface area (Å²) < 4.78 is 0. The van der Waals surface area contributed by atoms with Gasteiger partial charge in [0, 0.05) is 13.0 Å². The quantitative estimate of drug-likeness (QED) is 0.0337. The molecule has 1 saturated heterocycles. The van der Waals surface area contributed by atoms with Gasteiger partial charge in [0.25, 0.3) is 0 Å². The van der Waals surface area contributed by atoms with Crippen molar-refractivity contribution in [2.75, 3.05) is 19.7 Å². The number of nitrogens with zero attached hydrogens (tertiary/aromatic N) is 1. The van der Waals surface area contributed by atoms with Crippen molar-refractivity contribution < 1.29 is 33.9 Å². The second-order valence-corrected chi connectivity index (χ2v) is 10.8. The lowest BCUT2D eigenvalue weighted by Gasteiger charge is -2.26. The van der Waals surface area contributed by atoms with E-state index in [1.165, 1.54) is 13.8 Å².